The molecule has 0 aliphatic heterocycles. The van der Waals surface area contributed by atoms with E-state index in [9.17, 15) is 4.39 Å². The molecule has 4 heteroatoms. The van der Waals surface area contributed by atoms with Crippen molar-refractivity contribution >= 4 is 71.6 Å². The second-order valence-electron chi connectivity index (χ2n) is 17.5. The van der Waals surface area contributed by atoms with Crippen LogP contribution in [0.15, 0.2) is 253 Å². The highest BCUT2D eigenvalue weighted by Crippen LogP contribution is 2.42. The van der Waals surface area contributed by atoms with Crippen LogP contribution in [0, 0.1) is 5.82 Å². The molecule has 0 amide bonds. The predicted molar refractivity (Wildman–Crippen MR) is 282 cm³/mol. The fourth-order valence-electron chi connectivity index (χ4n) is 10.1. The Hall–Kier alpha value is -8.99. The molecule has 0 aliphatic carbocycles. The minimum atomic E-state index is -0.257. The molecule has 3 nitrogen and oxygen atoms in total. The third-order valence-electron chi connectivity index (χ3n) is 13.4. The van der Waals surface area contributed by atoms with Gasteiger partial charge in [0.15, 0.2) is 0 Å². The molecule has 0 N–H and O–H groups in total. The Kier molecular flexibility index (Phi) is 9.36. The molecule has 0 unspecified atom stereocenters. The maximum absolute atomic E-state index is 14.3. The summed E-state index contributed by atoms with van der Waals surface area (Å²) in [6.07, 6.45) is 0. The molecule has 2 aromatic heterocycles. The maximum atomic E-state index is 14.3. The van der Waals surface area contributed by atoms with Gasteiger partial charge in [-0.3, -0.25) is 0 Å². The summed E-state index contributed by atoms with van der Waals surface area (Å²) >= 11 is 0. The lowest BCUT2D eigenvalue weighted by Crippen LogP contribution is -2.09. The van der Waals surface area contributed by atoms with E-state index >= 15 is 0 Å². The average Bonchev–Trinajstić information content (AvgIpc) is 3.94. The average molecular weight is 873 g/mol. The molecule has 13 aromatic rings. The van der Waals surface area contributed by atoms with Gasteiger partial charge in [0.2, 0.25) is 0 Å². The first-order valence-electron chi connectivity index (χ1n) is 23.0. The van der Waals surface area contributed by atoms with Gasteiger partial charge in [0.25, 0.3) is 0 Å². The molecule has 0 spiro atoms. The van der Waals surface area contributed by atoms with Crippen molar-refractivity contribution in [1.29, 1.82) is 0 Å². The van der Waals surface area contributed by atoms with E-state index in [1.54, 1.807) is 0 Å². The van der Waals surface area contributed by atoms with Gasteiger partial charge in [-0.1, -0.05) is 133 Å². The van der Waals surface area contributed by atoms with Crippen LogP contribution in [0.5, 0.6) is 0 Å². The lowest BCUT2D eigenvalue weighted by atomic mass is 9.91. The number of nitrogens with zero attached hydrogens (tertiary/aromatic N) is 2. The van der Waals surface area contributed by atoms with Crippen molar-refractivity contribution in [1.82, 2.24) is 4.57 Å². The number of rotatable bonds is 8. The Balaban J connectivity index is 0.957. The molecule has 68 heavy (non-hydrogen) atoms. The van der Waals surface area contributed by atoms with Gasteiger partial charge in [-0.15, -0.1) is 0 Å². The Labute approximate surface area is 392 Å². The van der Waals surface area contributed by atoms with Gasteiger partial charge in [0, 0.05) is 44.3 Å². The van der Waals surface area contributed by atoms with Gasteiger partial charge in [0.1, 0.15) is 17.0 Å². The molecular formula is C64H41FN2O. The molecule has 2 heterocycles. The van der Waals surface area contributed by atoms with E-state index in [1.165, 1.54) is 22.9 Å². The Morgan fingerprint density at radius 2 is 0.853 bits per heavy atom. The minimum absolute atomic E-state index is 0.257. The van der Waals surface area contributed by atoms with Gasteiger partial charge in [-0.25, -0.2) is 4.39 Å². The largest absolute Gasteiger partial charge is 0.456 e. The number of fused-ring (bicyclic) bond motifs is 7. The van der Waals surface area contributed by atoms with Crippen molar-refractivity contribution in [2.75, 3.05) is 4.90 Å². The number of anilines is 3. The summed E-state index contributed by atoms with van der Waals surface area (Å²) in [5, 5.41) is 6.91. The molecule has 0 saturated heterocycles. The van der Waals surface area contributed by atoms with E-state index in [2.05, 4.69) is 222 Å². The standard InChI is InChI=1S/C64H41FN2O/c65-52-27-30-54(31-28-52)67-61-22-8-6-20-57(61)58-32-25-47(40-62(58)67)50-35-49(36-51(37-50)48-26-33-60-59-21-7-9-23-63(59)68-64(60)41-48)44-15-10-14-43(34-44)46-16-11-19-55(39-46)66(53-17-2-1-3-18-53)56-29-24-42-12-4-5-13-45(42)38-56/h1-41H. The first-order chi connectivity index (χ1) is 33.6. The number of halogens is 1. The minimum Gasteiger partial charge on any atom is -0.456 e. The topological polar surface area (TPSA) is 21.3 Å². The van der Waals surface area contributed by atoms with Crippen LogP contribution in [0.3, 0.4) is 0 Å². The third-order valence-corrected chi connectivity index (χ3v) is 13.4. The number of para-hydroxylation sites is 3. The highest BCUT2D eigenvalue weighted by atomic mass is 19.1. The zero-order valence-corrected chi connectivity index (χ0v) is 36.9. The predicted octanol–water partition coefficient (Wildman–Crippen LogP) is 18.1. The quantitative estimate of drug-likeness (QED) is 0.152. The smallest absolute Gasteiger partial charge is 0.136 e. The Morgan fingerprint density at radius 1 is 0.309 bits per heavy atom. The highest BCUT2D eigenvalue weighted by Gasteiger charge is 2.18. The first-order valence-corrected chi connectivity index (χ1v) is 23.0. The van der Waals surface area contributed by atoms with Crippen molar-refractivity contribution in [3.63, 3.8) is 0 Å². The lowest BCUT2D eigenvalue weighted by Gasteiger charge is -2.26. The molecule has 0 atom stereocenters. The molecule has 13 rings (SSSR count). The van der Waals surface area contributed by atoms with Gasteiger partial charge in [-0.2, -0.15) is 0 Å². The summed E-state index contributed by atoms with van der Waals surface area (Å²) < 4.78 is 22.9. The van der Waals surface area contributed by atoms with Crippen LogP contribution in [0.4, 0.5) is 21.5 Å². The molecule has 0 bridgehead atoms. The van der Waals surface area contributed by atoms with Gasteiger partial charge in [0.05, 0.1) is 11.0 Å². The van der Waals surface area contributed by atoms with Gasteiger partial charge in [-0.05, 0) is 171 Å². The number of furan rings is 1. The molecule has 320 valence electrons. The number of aromatic nitrogens is 1. The fraction of sp³-hybridized carbons (Fsp3) is 0. The summed E-state index contributed by atoms with van der Waals surface area (Å²) in [4.78, 5) is 2.33. The van der Waals surface area contributed by atoms with E-state index < -0.39 is 0 Å². The third kappa shape index (κ3) is 6.90. The summed E-state index contributed by atoms with van der Waals surface area (Å²) in [7, 11) is 0. The summed E-state index contributed by atoms with van der Waals surface area (Å²) in [6.45, 7) is 0. The first kappa shape index (κ1) is 39.4. The van der Waals surface area contributed by atoms with Gasteiger partial charge < -0.3 is 13.9 Å². The molecule has 0 radical (unpaired) electrons. The van der Waals surface area contributed by atoms with E-state index in [0.29, 0.717) is 0 Å². The van der Waals surface area contributed by atoms with E-state index in [-0.39, 0.29) is 5.82 Å². The van der Waals surface area contributed by atoms with Crippen LogP contribution >= 0.6 is 0 Å². The second-order valence-corrected chi connectivity index (χ2v) is 17.5. The summed E-state index contributed by atoms with van der Waals surface area (Å²) in [5.41, 5.74) is 16.8. The van der Waals surface area contributed by atoms with E-state index in [4.69, 9.17) is 4.42 Å². The Bertz CT molecular complexity index is 4050. The lowest BCUT2D eigenvalue weighted by molar-refractivity contribution is 0.627. The summed E-state index contributed by atoms with van der Waals surface area (Å²) in [5.74, 6) is -0.257. The monoisotopic (exact) mass is 872 g/mol. The zero-order valence-electron chi connectivity index (χ0n) is 36.9. The van der Waals surface area contributed by atoms with E-state index in [1.807, 2.05) is 24.3 Å². The maximum Gasteiger partial charge on any atom is 0.136 e. The SMILES string of the molecule is Fc1ccc(-n2c3ccccc3c3ccc(-c4cc(-c5cccc(-c6cccc(N(c7ccccc7)c7ccc8ccccc8c7)c6)c5)cc(-c5ccc6c(c5)oc5ccccc56)c4)cc32)cc1. The zero-order chi connectivity index (χ0) is 45.1. The molecule has 11 aromatic carbocycles. The molecular weight excluding hydrogens is 832 g/mol. The van der Waals surface area contributed by atoms with Crippen LogP contribution < -0.4 is 4.90 Å². The highest BCUT2D eigenvalue weighted by molar-refractivity contribution is 6.10. The second kappa shape index (κ2) is 16.2. The van der Waals surface area contributed by atoms with Crippen LogP contribution in [-0.2, 0) is 0 Å². The van der Waals surface area contributed by atoms with Crippen LogP contribution in [0.2, 0.25) is 0 Å². The molecule has 0 aliphatic rings. The molecule has 0 saturated carbocycles. The van der Waals surface area contributed by atoms with Crippen molar-refractivity contribution < 1.29 is 8.81 Å². The Morgan fingerprint density at radius 3 is 1.65 bits per heavy atom. The number of hydrogen-bond donors (Lipinski definition) is 0. The van der Waals surface area contributed by atoms with Crippen LogP contribution in [0.1, 0.15) is 0 Å². The fourth-order valence-corrected chi connectivity index (χ4v) is 10.1. The number of benzene rings is 11. The van der Waals surface area contributed by atoms with Crippen LogP contribution in [0.25, 0.3) is 105 Å². The summed E-state index contributed by atoms with van der Waals surface area (Å²) in [6, 6.07) is 87.1. The van der Waals surface area contributed by atoms with Crippen molar-refractivity contribution in [2.45, 2.75) is 0 Å². The van der Waals surface area contributed by atoms with Crippen LogP contribution in [-0.4, -0.2) is 4.57 Å². The van der Waals surface area contributed by atoms with Crippen molar-refractivity contribution in [3.05, 3.63) is 255 Å². The number of hydrogen-bond acceptors (Lipinski definition) is 2. The normalized spacial score (nSPS) is 11.6. The molecule has 0 fully saturated rings. The van der Waals surface area contributed by atoms with E-state index in [0.717, 1.165) is 111 Å². The van der Waals surface area contributed by atoms with Crippen molar-refractivity contribution in [3.8, 4) is 50.2 Å². The van der Waals surface area contributed by atoms with Crippen molar-refractivity contribution in [2.24, 2.45) is 0 Å². The van der Waals surface area contributed by atoms with Gasteiger partial charge >= 0.3 is 0 Å².